The van der Waals surface area contributed by atoms with Gasteiger partial charge in [0.15, 0.2) is 0 Å². The summed E-state index contributed by atoms with van der Waals surface area (Å²) in [5.74, 6) is 3.28. The van der Waals surface area contributed by atoms with E-state index in [0.717, 1.165) is 24.7 Å². The summed E-state index contributed by atoms with van der Waals surface area (Å²) in [6.45, 7) is 5.00. The highest BCUT2D eigenvalue weighted by Crippen LogP contribution is 2.54. The van der Waals surface area contributed by atoms with Crippen LogP contribution in [0.3, 0.4) is 0 Å². The summed E-state index contributed by atoms with van der Waals surface area (Å²) in [5.41, 5.74) is 4.91. The van der Waals surface area contributed by atoms with Gasteiger partial charge in [-0.15, -0.1) is 11.8 Å². The molecule has 8 nitrogen and oxygen atoms in total. The van der Waals surface area contributed by atoms with Crippen molar-refractivity contribution < 1.29 is 18.8 Å². The van der Waals surface area contributed by atoms with Crippen molar-refractivity contribution in [3.63, 3.8) is 0 Å². The normalized spacial score (nSPS) is 28.9. The Bertz CT molecular complexity index is 944. The van der Waals surface area contributed by atoms with Crippen LogP contribution in [-0.4, -0.2) is 48.0 Å². The molecule has 5 saturated carbocycles. The topological polar surface area (TPSA) is 119 Å². The van der Waals surface area contributed by atoms with E-state index in [1.165, 1.54) is 51.4 Å². The van der Waals surface area contributed by atoms with Crippen molar-refractivity contribution in [3.8, 4) is 5.88 Å². The number of ether oxygens (including phenoxy) is 1. The quantitative estimate of drug-likeness (QED) is 0.341. The number of amides is 2. The molecule has 0 spiro atoms. The van der Waals surface area contributed by atoms with Crippen LogP contribution >= 0.6 is 11.8 Å². The summed E-state index contributed by atoms with van der Waals surface area (Å²) >= 11 is 1.67. The third-order valence-corrected chi connectivity index (χ3v) is 11.3. The lowest BCUT2D eigenvalue weighted by atomic mass is 9.54. The van der Waals surface area contributed by atoms with E-state index in [2.05, 4.69) is 15.8 Å². The molecular weight excluding hydrogens is 500 g/mol. The van der Waals surface area contributed by atoms with E-state index in [1.54, 1.807) is 11.8 Å². The average Bonchev–Trinajstić information content (AvgIpc) is 3.32. The molecule has 1 heterocycles. The van der Waals surface area contributed by atoms with Crippen molar-refractivity contribution in [1.29, 1.82) is 0 Å². The lowest BCUT2D eigenvalue weighted by molar-refractivity contribution is -0.133. The molecule has 5 fully saturated rings. The Balaban J connectivity index is 1.33. The summed E-state index contributed by atoms with van der Waals surface area (Å²) in [6.07, 6.45) is 13.5. The molecule has 4 bridgehead atoms. The summed E-state index contributed by atoms with van der Waals surface area (Å²) in [7, 11) is 0. The molecule has 38 heavy (non-hydrogen) atoms. The van der Waals surface area contributed by atoms with Crippen LogP contribution in [0.1, 0.15) is 101 Å². The Morgan fingerprint density at radius 3 is 2.32 bits per heavy atom. The van der Waals surface area contributed by atoms with E-state index in [9.17, 15) is 9.59 Å². The van der Waals surface area contributed by atoms with Gasteiger partial charge in [0, 0.05) is 24.4 Å². The standard InChI is InChI=1S/C29H46N4O4S/c1-3-29(4-2,28(35)31-11-10-30)17-36-27-25(38-22-8-6-5-7-9-22)24(37-33-27)26(34)32-23-20-13-18-12-19(15-20)16-21(23)14-18/h18-23H,3-17,30H2,1-2H3,(H,31,35)(H,32,34). The number of carbonyl (C=O) groups is 2. The molecule has 0 unspecified atom stereocenters. The van der Waals surface area contributed by atoms with E-state index in [4.69, 9.17) is 15.0 Å². The maximum absolute atomic E-state index is 13.7. The van der Waals surface area contributed by atoms with Crippen LogP contribution < -0.4 is 21.1 Å². The summed E-state index contributed by atoms with van der Waals surface area (Å²) < 4.78 is 12.0. The molecule has 9 heteroatoms. The minimum absolute atomic E-state index is 0.0576. The second-order valence-electron chi connectivity index (χ2n) is 12.3. The molecular formula is C29H46N4O4S. The Hall–Kier alpha value is -1.74. The van der Waals surface area contributed by atoms with Gasteiger partial charge in [0.25, 0.3) is 11.8 Å². The van der Waals surface area contributed by atoms with Gasteiger partial charge >= 0.3 is 0 Å². The summed E-state index contributed by atoms with van der Waals surface area (Å²) in [5, 5.41) is 11.0. The van der Waals surface area contributed by atoms with Gasteiger partial charge in [-0.05, 0) is 86.6 Å². The number of aromatic nitrogens is 1. The van der Waals surface area contributed by atoms with Gasteiger partial charge in [0.2, 0.25) is 11.7 Å². The highest BCUT2D eigenvalue weighted by Gasteiger charge is 2.49. The van der Waals surface area contributed by atoms with Gasteiger partial charge in [-0.3, -0.25) is 9.59 Å². The molecule has 4 N–H and O–H groups in total. The molecule has 0 atom stereocenters. The number of thioether (sulfide) groups is 1. The molecule has 0 aliphatic heterocycles. The van der Waals surface area contributed by atoms with Crippen LogP contribution in [0.25, 0.3) is 0 Å². The fraction of sp³-hybridized carbons (Fsp3) is 0.828. The van der Waals surface area contributed by atoms with Crippen LogP contribution in [-0.2, 0) is 4.79 Å². The van der Waals surface area contributed by atoms with Crippen molar-refractivity contribution in [3.05, 3.63) is 5.76 Å². The predicted molar refractivity (Wildman–Crippen MR) is 148 cm³/mol. The van der Waals surface area contributed by atoms with E-state index in [0.29, 0.717) is 53.8 Å². The zero-order chi connectivity index (χ0) is 26.7. The third-order valence-electron chi connectivity index (χ3n) is 9.94. The lowest BCUT2D eigenvalue weighted by Crippen LogP contribution is -2.55. The van der Waals surface area contributed by atoms with Crippen LogP contribution in [0.2, 0.25) is 0 Å². The van der Waals surface area contributed by atoms with Crippen LogP contribution in [0.5, 0.6) is 5.88 Å². The van der Waals surface area contributed by atoms with Gasteiger partial charge in [-0.2, -0.15) is 0 Å². The van der Waals surface area contributed by atoms with Crippen molar-refractivity contribution in [1.82, 2.24) is 15.8 Å². The second kappa shape index (κ2) is 12.2. The van der Waals surface area contributed by atoms with Crippen LogP contribution in [0.15, 0.2) is 9.42 Å². The number of hydrogen-bond donors (Lipinski definition) is 3. The fourth-order valence-electron chi connectivity index (χ4n) is 7.76. The van der Waals surface area contributed by atoms with Gasteiger partial charge in [-0.25, -0.2) is 0 Å². The first-order valence-electron chi connectivity index (χ1n) is 15.0. The molecule has 0 aromatic carbocycles. The lowest BCUT2D eigenvalue weighted by Gasteiger charge is -2.54. The fourth-order valence-corrected chi connectivity index (χ4v) is 9.09. The smallest absolute Gasteiger partial charge is 0.291 e. The highest BCUT2D eigenvalue weighted by molar-refractivity contribution is 8.00. The largest absolute Gasteiger partial charge is 0.474 e. The Morgan fingerprint density at radius 2 is 1.71 bits per heavy atom. The molecule has 2 amide bonds. The maximum atomic E-state index is 13.7. The van der Waals surface area contributed by atoms with E-state index in [-0.39, 0.29) is 30.2 Å². The average molecular weight is 547 g/mol. The van der Waals surface area contributed by atoms with E-state index < -0.39 is 5.41 Å². The molecule has 6 rings (SSSR count). The van der Waals surface area contributed by atoms with E-state index >= 15 is 0 Å². The number of nitrogens with zero attached hydrogens (tertiary/aromatic N) is 1. The van der Waals surface area contributed by atoms with Crippen LogP contribution in [0, 0.1) is 29.1 Å². The number of nitrogens with two attached hydrogens (primary N) is 1. The molecule has 1 aromatic rings. The molecule has 5 aliphatic carbocycles. The van der Waals surface area contributed by atoms with Gasteiger partial charge in [0.1, 0.15) is 11.5 Å². The number of hydrogen-bond acceptors (Lipinski definition) is 7. The zero-order valence-corrected chi connectivity index (χ0v) is 24.0. The van der Waals surface area contributed by atoms with Gasteiger partial charge < -0.3 is 25.6 Å². The minimum atomic E-state index is -0.691. The SMILES string of the molecule is CCC(CC)(COc1noc(C(=O)NC2C3CC4CC(C3)CC2C4)c1SC1CCCCC1)C(=O)NCCN. The van der Waals surface area contributed by atoms with Crippen molar-refractivity contribution in [2.75, 3.05) is 19.7 Å². The van der Waals surface area contributed by atoms with Crippen molar-refractivity contribution in [2.24, 2.45) is 34.8 Å². The van der Waals surface area contributed by atoms with E-state index in [1.807, 2.05) is 13.8 Å². The first-order valence-corrected chi connectivity index (χ1v) is 15.9. The zero-order valence-electron chi connectivity index (χ0n) is 23.1. The molecule has 0 radical (unpaired) electrons. The van der Waals surface area contributed by atoms with Crippen molar-refractivity contribution >= 4 is 23.6 Å². The minimum Gasteiger partial charge on any atom is -0.474 e. The molecule has 212 valence electrons. The highest BCUT2D eigenvalue weighted by atomic mass is 32.2. The Kier molecular flexibility index (Phi) is 8.92. The maximum Gasteiger partial charge on any atom is 0.291 e. The van der Waals surface area contributed by atoms with Gasteiger partial charge in [-0.1, -0.05) is 33.1 Å². The molecule has 1 aromatic heterocycles. The van der Waals surface area contributed by atoms with Crippen molar-refractivity contribution in [2.45, 2.75) is 107 Å². The first-order chi connectivity index (χ1) is 18.5. The Morgan fingerprint density at radius 1 is 1.05 bits per heavy atom. The van der Waals surface area contributed by atoms with Crippen LogP contribution in [0.4, 0.5) is 0 Å². The van der Waals surface area contributed by atoms with Gasteiger partial charge in [0.05, 0.1) is 5.41 Å². The predicted octanol–water partition coefficient (Wildman–Crippen LogP) is 4.91. The summed E-state index contributed by atoms with van der Waals surface area (Å²) in [4.78, 5) is 27.4. The summed E-state index contributed by atoms with van der Waals surface area (Å²) in [6, 6.07) is 0.233. The Labute approximate surface area is 231 Å². The third kappa shape index (κ3) is 5.74. The monoisotopic (exact) mass is 546 g/mol. The molecule has 0 saturated heterocycles. The first kappa shape index (κ1) is 27.8. The number of rotatable bonds is 12. The molecule has 5 aliphatic rings. The number of carbonyl (C=O) groups excluding carboxylic acids is 2. The number of nitrogens with one attached hydrogen (secondary N) is 2. The second-order valence-corrected chi connectivity index (χ2v) is 13.6.